The minimum atomic E-state index is 0.0340. The Bertz CT molecular complexity index is 441. The van der Waals surface area contributed by atoms with Gasteiger partial charge in [0, 0.05) is 13.1 Å². The summed E-state index contributed by atoms with van der Waals surface area (Å²) in [6, 6.07) is 1.68. The summed E-state index contributed by atoms with van der Waals surface area (Å²) >= 11 is 0. The standard InChI is InChI=1S/C11H17N5O2/c1-7-5-16(6-8(2)18-7)11-9(10(12)15-17)3-4-13-14-11/h3-4,7-8,17H,5-6H2,1-2H3,(H2,12,15)/t7-,8+. The van der Waals surface area contributed by atoms with E-state index in [0.29, 0.717) is 24.5 Å². The van der Waals surface area contributed by atoms with E-state index in [2.05, 4.69) is 15.4 Å². The third kappa shape index (κ3) is 2.51. The lowest BCUT2D eigenvalue weighted by molar-refractivity contribution is -0.00551. The molecule has 1 aromatic heterocycles. The molecule has 7 heteroatoms. The number of aromatic nitrogens is 2. The Morgan fingerprint density at radius 2 is 2.17 bits per heavy atom. The molecule has 1 aliphatic heterocycles. The monoisotopic (exact) mass is 251 g/mol. The Kier molecular flexibility index (Phi) is 3.61. The molecular weight excluding hydrogens is 234 g/mol. The van der Waals surface area contributed by atoms with Gasteiger partial charge in [-0.2, -0.15) is 5.10 Å². The molecule has 0 saturated carbocycles. The maximum absolute atomic E-state index is 8.79. The van der Waals surface area contributed by atoms with Gasteiger partial charge in [-0.05, 0) is 19.9 Å². The van der Waals surface area contributed by atoms with Crippen molar-refractivity contribution in [1.82, 2.24) is 10.2 Å². The topological polar surface area (TPSA) is 96.9 Å². The average molecular weight is 251 g/mol. The number of oxime groups is 1. The van der Waals surface area contributed by atoms with Gasteiger partial charge in [0.25, 0.3) is 0 Å². The fourth-order valence-electron chi connectivity index (χ4n) is 2.16. The van der Waals surface area contributed by atoms with Gasteiger partial charge in [-0.15, -0.1) is 5.10 Å². The second-order valence-electron chi connectivity index (χ2n) is 4.42. The Labute approximate surface area is 105 Å². The Morgan fingerprint density at radius 1 is 1.50 bits per heavy atom. The largest absolute Gasteiger partial charge is 0.409 e. The fraction of sp³-hybridized carbons (Fsp3) is 0.545. The van der Waals surface area contributed by atoms with Crippen LogP contribution in [-0.4, -0.2) is 46.5 Å². The lowest BCUT2D eigenvalue weighted by Gasteiger charge is -2.36. The second-order valence-corrected chi connectivity index (χ2v) is 4.42. The molecule has 1 saturated heterocycles. The summed E-state index contributed by atoms with van der Waals surface area (Å²) in [5.74, 6) is 0.654. The van der Waals surface area contributed by atoms with E-state index in [1.807, 2.05) is 18.7 Å². The summed E-state index contributed by atoms with van der Waals surface area (Å²) in [5.41, 5.74) is 6.22. The third-order valence-corrected chi connectivity index (χ3v) is 2.80. The van der Waals surface area contributed by atoms with Crippen molar-refractivity contribution in [2.24, 2.45) is 10.9 Å². The first-order chi connectivity index (χ1) is 8.61. The quantitative estimate of drug-likeness (QED) is 0.337. The lowest BCUT2D eigenvalue weighted by atomic mass is 10.2. The minimum Gasteiger partial charge on any atom is -0.409 e. The highest BCUT2D eigenvalue weighted by molar-refractivity contribution is 6.01. The zero-order valence-corrected chi connectivity index (χ0v) is 10.4. The number of nitrogens with zero attached hydrogens (tertiary/aromatic N) is 4. The van der Waals surface area contributed by atoms with Crippen LogP contribution in [-0.2, 0) is 4.74 Å². The highest BCUT2D eigenvalue weighted by Gasteiger charge is 2.25. The zero-order valence-electron chi connectivity index (χ0n) is 10.4. The van der Waals surface area contributed by atoms with E-state index < -0.39 is 0 Å². The van der Waals surface area contributed by atoms with E-state index >= 15 is 0 Å². The van der Waals surface area contributed by atoms with Crippen LogP contribution in [0.1, 0.15) is 19.4 Å². The molecular formula is C11H17N5O2. The van der Waals surface area contributed by atoms with Crippen molar-refractivity contribution < 1.29 is 9.94 Å². The molecule has 2 heterocycles. The molecule has 0 aliphatic carbocycles. The molecule has 0 unspecified atom stereocenters. The van der Waals surface area contributed by atoms with Crippen LogP contribution >= 0.6 is 0 Å². The molecule has 0 spiro atoms. The van der Waals surface area contributed by atoms with Gasteiger partial charge in [-0.25, -0.2) is 0 Å². The van der Waals surface area contributed by atoms with Crippen molar-refractivity contribution in [2.45, 2.75) is 26.1 Å². The second kappa shape index (κ2) is 5.18. The number of hydrogen-bond acceptors (Lipinski definition) is 6. The highest BCUT2D eigenvalue weighted by Crippen LogP contribution is 2.21. The average Bonchev–Trinajstić information content (AvgIpc) is 2.36. The molecule has 1 aliphatic rings. The Morgan fingerprint density at radius 3 is 2.78 bits per heavy atom. The van der Waals surface area contributed by atoms with Gasteiger partial charge in [0.05, 0.1) is 24.0 Å². The van der Waals surface area contributed by atoms with Crippen LogP contribution in [0.2, 0.25) is 0 Å². The molecule has 2 rings (SSSR count). The third-order valence-electron chi connectivity index (χ3n) is 2.80. The van der Waals surface area contributed by atoms with Gasteiger partial charge < -0.3 is 20.6 Å². The molecule has 0 radical (unpaired) electrons. The van der Waals surface area contributed by atoms with Crippen molar-refractivity contribution in [3.05, 3.63) is 17.8 Å². The number of nitrogens with two attached hydrogens (primary N) is 1. The first-order valence-electron chi connectivity index (χ1n) is 5.81. The molecule has 3 N–H and O–H groups in total. The zero-order chi connectivity index (χ0) is 13.1. The van der Waals surface area contributed by atoms with E-state index in [9.17, 15) is 0 Å². The van der Waals surface area contributed by atoms with E-state index in [1.165, 1.54) is 6.20 Å². The highest BCUT2D eigenvalue weighted by atomic mass is 16.5. The summed E-state index contributed by atoms with van der Waals surface area (Å²) < 4.78 is 5.66. The molecule has 0 aromatic carbocycles. The van der Waals surface area contributed by atoms with Crippen LogP contribution in [0.25, 0.3) is 0 Å². The molecule has 2 atom stereocenters. The molecule has 98 valence electrons. The van der Waals surface area contributed by atoms with Crippen molar-refractivity contribution in [3.8, 4) is 0 Å². The Hall–Kier alpha value is -1.89. The summed E-state index contributed by atoms with van der Waals surface area (Å²) in [5, 5.41) is 19.8. The summed E-state index contributed by atoms with van der Waals surface area (Å²) in [6.07, 6.45) is 1.73. The lowest BCUT2D eigenvalue weighted by Crippen LogP contribution is -2.46. The van der Waals surface area contributed by atoms with E-state index in [-0.39, 0.29) is 18.0 Å². The van der Waals surface area contributed by atoms with Gasteiger partial charge in [0.2, 0.25) is 0 Å². The number of morpholine rings is 1. The van der Waals surface area contributed by atoms with Crippen LogP contribution in [0.5, 0.6) is 0 Å². The minimum absolute atomic E-state index is 0.0340. The van der Waals surface area contributed by atoms with Crippen LogP contribution in [0.4, 0.5) is 5.82 Å². The van der Waals surface area contributed by atoms with E-state index in [0.717, 1.165) is 0 Å². The predicted octanol–water partition coefficient (Wildman–Crippen LogP) is 0.185. The fourth-order valence-corrected chi connectivity index (χ4v) is 2.16. The maximum Gasteiger partial charge on any atom is 0.173 e. The van der Waals surface area contributed by atoms with Gasteiger partial charge in [0.1, 0.15) is 0 Å². The van der Waals surface area contributed by atoms with Gasteiger partial charge in [-0.1, -0.05) is 5.16 Å². The number of amidine groups is 1. The van der Waals surface area contributed by atoms with Gasteiger partial charge in [0.15, 0.2) is 11.7 Å². The number of anilines is 1. The first kappa shape index (κ1) is 12.6. The summed E-state index contributed by atoms with van der Waals surface area (Å²) in [6.45, 7) is 5.41. The summed E-state index contributed by atoms with van der Waals surface area (Å²) in [4.78, 5) is 2.04. The van der Waals surface area contributed by atoms with Crippen molar-refractivity contribution in [1.29, 1.82) is 0 Å². The predicted molar refractivity (Wildman–Crippen MR) is 66.8 cm³/mol. The SMILES string of the molecule is C[C@@H]1CN(c2nnccc2/C(N)=N/O)C[C@H](C)O1. The molecule has 0 amide bonds. The molecule has 1 fully saturated rings. The number of hydrogen-bond donors (Lipinski definition) is 2. The molecule has 1 aromatic rings. The molecule has 0 bridgehead atoms. The van der Waals surface area contributed by atoms with Crippen LogP contribution in [0.3, 0.4) is 0 Å². The number of ether oxygens (including phenoxy) is 1. The Balaban J connectivity index is 2.32. The van der Waals surface area contributed by atoms with Crippen molar-refractivity contribution in [2.75, 3.05) is 18.0 Å². The van der Waals surface area contributed by atoms with Crippen molar-refractivity contribution >= 4 is 11.7 Å². The smallest absolute Gasteiger partial charge is 0.173 e. The molecule has 7 nitrogen and oxygen atoms in total. The van der Waals surface area contributed by atoms with Crippen molar-refractivity contribution in [3.63, 3.8) is 0 Å². The van der Waals surface area contributed by atoms with Crippen LogP contribution in [0, 0.1) is 0 Å². The van der Waals surface area contributed by atoms with Crippen LogP contribution in [0.15, 0.2) is 17.4 Å². The van der Waals surface area contributed by atoms with E-state index in [1.54, 1.807) is 6.07 Å². The molecule has 18 heavy (non-hydrogen) atoms. The first-order valence-corrected chi connectivity index (χ1v) is 5.81. The van der Waals surface area contributed by atoms with E-state index in [4.69, 9.17) is 15.7 Å². The maximum atomic E-state index is 8.79. The normalized spacial score (nSPS) is 25.2. The number of rotatable bonds is 2. The van der Waals surface area contributed by atoms with Gasteiger partial charge >= 0.3 is 0 Å². The summed E-state index contributed by atoms with van der Waals surface area (Å²) in [7, 11) is 0. The van der Waals surface area contributed by atoms with Gasteiger partial charge in [-0.3, -0.25) is 0 Å². The van der Waals surface area contributed by atoms with Crippen LogP contribution < -0.4 is 10.6 Å².